The minimum Gasteiger partial charge on any atom is -0.364 e. The van der Waals surface area contributed by atoms with Crippen LogP contribution in [0, 0.1) is 6.92 Å². The Kier molecular flexibility index (Phi) is 4.75. The number of hydrogen-bond acceptors (Lipinski definition) is 7. The van der Waals surface area contributed by atoms with Crippen LogP contribution in [0.4, 0.5) is 19.0 Å². The predicted molar refractivity (Wildman–Crippen MR) is 99.7 cm³/mol. The fraction of sp³-hybridized carbons (Fsp3) is 0.158. The molecule has 29 heavy (non-hydrogen) atoms. The standard InChI is InChI=1S/C19H14F3N7/c1-11-2-3-13(23-6-11)14-4-5-15-16(29-14)17(28-10-27-15)24-7-12-8-25-18(26-9-12)19(20,21)22/h2-6,8-10H,7H2,1H3,(H,24,27,28). The van der Waals surface area contributed by atoms with Crippen molar-refractivity contribution < 1.29 is 13.2 Å². The normalized spacial score (nSPS) is 11.6. The molecule has 0 aliphatic carbocycles. The molecular weight excluding hydrogens is 383 g/mol. The van der Waals surface area contributed by atoms with Gasteiger partial charge in [0, 0.05) is 30.7 Å². The Morgan fingerprint density at radius 2 is 1.62 bits per heavy atom. The molecule has 0 bridgehead atoms. The van der Waals surface area contributed by atoms with Gasteiger partial charge in [-0.2, -0.15) is 13.2 Å². The molecule has 4 aromatic rings. The van der Waals surface area contributed by atoms with E-state index in [0.717, 1.165) is 18.0 Å². The van der Waals surface area contributed by atoms with Crippen LogP contribution in [0.15, 0.2) is 49.2 Å². The number of nitrogens with one attached hydrogen (secondary N) is 1. The van der Waals surface area contributed by atoms with Crippen LogP contribution < -0.4 is 5.32 Å². The average molecular weight is 397 g/mol. The number of aryl methyl sites for hydroxylation is 1. The zero-order valence-corrected chi connectivity index (χ0v) is 15.1. The lowest BCUT2D eigenvalue weighted by molar-refractivity contribution is -0.145. The number of rotatable bonds is 4. The highest BCUT2D eigenvalue weighted by molar-refractivity contribution is 5.86. The van der Waals surface area contributed by atoms with Crippen LogP contribution in [0.2, 0.25) is 0 Å². The van der Waals surface area contributed by atoms with E-state index >= 15 is 0 Å². The molecule has 0 spiro atoms. The Morgan fingerprint density at radius 1 is 0.862 bits per heavy atom. The third-order valence-corrected chi connectivity index (χ3v) is 4.07. The Hall–Kier alpha value is -3.69. The molecule has 1 N–H and O–H groups in total. The smallest absolute Gasteiger partial charge is 0.364 e. The van der Waals surface area contributed by atoms with Crippen molar-refractivity contribution in [2.24, 2.45) is 0 Å². The summed E-state index contributed by atoms with van der Waals surface area (Å²) in [6.07, 6.45) is 0.827. The second kappa shape index (κ2) is 7.38. The van der Waals surface area contributed by atoms with Crippen LogP contribution in [0.5, 0.6) is 0 Å². The Balaban J connectivity index is 1.60. The number of nitrogens with zero attached hydrogens (tertiary/aromatic N) is 6. The molecule has 4 heterocycles. The number of halogens is 3. The van der Waals surface area contributed by atoms with Crippen molar-refractivity contribution in [3.05, 3.63) is 66.1 Å². The highest BCUT2D eigenvalue weighted by Gasteiger charge is 2.34. The van der Waals surface area contributed by atoms with Crippen molar-refractivity contribution in [1.82, 2.24) is 29.9 Å². The maximum Gasteiger partial charge on any atom is 0.451 e. The minimum atomic E-state index is -4.57. The Bertz CT molecular complexity index is 1140. The summed E-state index contributed by atoms with van der Waals surface area (Å²) in [5.74, 6) is -0.727. The molecule has 10 heteroatoms. The largest absolute Gasteiger partial charge is 0.451 e. The van der Waals surface area contributed by atoms with Gasteiger partial charge in [-0.1, -0.05) is 6.07 Å². The first kappa shape index (κ1) is 18.7. The van der Waals surface area contributed by atoms with Gasteiger partial charge < -0.3 is 5.32 Å². The molecule has 0 aliphatic heterocycles. The molecule has 4 aromatic heterocycles. The van der Waals surface area contributed by atoms with Crippen molar-refractivity contribution in [3.63, 3.8) is 0 Å². The molecule has 0 radical (unpaired) electrons. The van der Waals surface area contributed by atoms with Gasteiger partial charge in [0.25, 0.3) is 0 Å². The summed E-state index contributed by atoms with van der Waals surface area (Å²) in [7, 11) is 0. The lowest BCUT2D eigenvalue weighted by atomic mass is 10.2. The van der Waals surface area contributed by atoms with E-state index in [-0.39, 0.29) is 6.54 Å². The lowest BCUT2D eigenvalue weighted by Gasteiger charge is -2.09. The van der Waals surface area contributed by atoms with Gasteiger partial charge in [0.15, 0.2) is 5.82 Å². The fourth-order valence-corrected chi connectivity index (χ4v) is 2.61. The maximum absolute atomic E-state index is 12.6. The lowest BCUT2D eigenvalue weighted by Crippen LogP contribution is -2.12. The predicted octanol–water partition coefficient (Wildman–Crippen LogP) is 3.82. The molecule has 0 saturated heterocycles. The second-order valence-corrected chi connectivity index (χ2v) is 6.27. The highest BCUT2D eigenvalue weighted by Crippen LogP contribution is 2.26. The van der Waals surface area contributed by atoms with Crippen molar-refractivity contribution in [1.29, 1.82) is 0 Å². The van der Waals surface area contributed by atoms with Crippen LogP contribution in [0.3, 0.4) is 0 Å². The molecule has 0 aromatic carbocycles. The minimum absolute atomic E-state index is 0.180. The van der Waals surface area contributed by atoms with Crippen LogP contribution in [-0.4, -0.2) is 29.9 Å². The first-order valence-electron chi connectivity index (χ1n) is 8.57. The summed E-state index contributed by atoms with van der Waals surface area (Å²) < 4.78 is 37.7. The number of aromatic nitrogens is 6. The number of hydrogen-bond donors (Lipinski definition) is 1. The Labute approximate surface area is 163 Å². The highest BCUT2D eigenvalue weighted by atomic mass is 19.4. The van der Waals surface area contributed by atoms with Crippen molar-refractivity contribution >= 4 is 16.9 Å². The third kappa shape index (κ3) is 4.10. The monoisotopic (exact) mass is 397 g/mol. The van der Waals surface area contributed by atoms with E-state index in [9.17, 15) is 13.2 Å². The number of anilines is 1. The van der Waals surface area contributed by atoms with Gasteiger partial charge in [-0.25, -0.2) is 24.9 Å². The van der Waals surface area contributed by atoms with Crippen molar-refractivity contribution in [2.75, 3.05) is 5.32 Å². The van der Waals surface area contributed by atoms with Gasteiger partial charge in [-0.15, -0.1) is 0 Å². The molecule has 146 valence electrons. The first-order chi connectivity index (χ1) is 13.9. The molecule has 4 rings (SSSR count). The second-order valence-electron chi connectivity index (χ2n) is 6.27. The van der Waals surface area contributed by atoms with Crippen LogP contribution in [0.25, 0.3) is 22.4 Å². The SMILES string of the molecule is Cc1ccc(-c2ccc3ncnc(NCc4cnc(C(F)(F)F)nc4)c3n2)nc1. The summed E-state index contributed by atoms with van der Waals surface area (Å²) in [5, 5.41) is 3.05. The summed E-state index contributed by atoms with van der Waals surface area (Å²) in [6.45, 7) is 2.13. The van der Waals surface area contributed by atoms with E-state index in [2.05, 4.69) is 35.2 Å². The van der Waals surface area contributed by atoms with Crippen molar-refractivity contribution in [2.45, 2.75) is 19.6 Å². The molecular formula is C19H14F3N7. The maximum atomic E-state index is 12.6. The zero-order chi connectivity index (χ0) is 20.4. The van der Waals surface area contributed by atoms with Gasteiger partial charge in [0.2, 0.25) is 5.82 Å². The third-order valence-electron chi connectivity index (χ3n) is 4.07. The van der Waals surface area contributed by atoms with Gasteiger partial charge in [0.1, 0.15) is 11.8 Å². The number of alkyl halides is 3. The van der Waals surface area contributed by atoms with E-state index in [4.69, 9.17) is 0 Å². The topological polar surface area (TPSA) is 89.4 Å². The van der Waals surface area contributed by atoms with Gasteiger partial charge in [0.05, 0.1) is 16.9 Å². The summed E-state index contributed by atoms with van der Waals surface area (Å²) >= 11 is 0. The molecule has 0 aliphatic rings. The van der Waals surface area contributed by atoms with Crippen LogP contribution >= 0.6 is 0 Å². The summed E-state index contributed by atoms with van der Waals surface area (Å²) in [5.41, 5.74) is 4.04. The van der Waals surface area contributed by atoms with Gasteiger partial charge >= 0.3 is 6.18 Å². The number of pyridine rings is 2. The van der Waals surface area contributed by atoms with E-state index < -0.39 is 12.0 Å². The molecule has 0 amide bonds. The van der Waals surface area contributed by atoms with E-state index in [1.807, 2.05) is 31.2 Å². The summed E-state index contributed by atoms with van der Waals surface area (Å²) in [6, 6.07) is 7.45. The molecule has 0 unspecified atom stereocenters. The van der Waals surface area contributed by atoms with E-state index in [1.165, 1.54) is 6.33 Å². The van der Waals surface area contributed by atoms with E-state index in [0.29, 0.717) is 33.8 Å². The fourth-order valence-electron chi connectivity index (χ4n) is 2.61. The summed E-state index contributed by atoms with van der Waals surface area (Å²) in [4.78, 5) is 24.1. The molecule has 7 nitrogen and oxygen atoms in total. The van der Waals surface area contributed by atoms with Gasteiger partial charge in [-0.3, -0.25) is 4.98 Å². The number of fused-ring (bicyclic) bond motifs is 1. The Morgan fingerprint density at radius 3 is 2.31 bits per heavy atom. The van der Waals surface area contributed by atoms with E-state index in [1.54, 1.807) is 6.20 Å². The van der Waals surface area contributed by atoms with Crippen LogP contribution in [-0.2, 0) is 12.7 Å². The quantitative estimate of drug-likeness (QED) is 0.560. The van der Waals surface area contributed by atoms with Crippen molar-refractivity contribution in [3.8, 4) is 11.4 Å². The zero-order valence-electron chi connectivity index (χ0n) is 15.1. The van der Waals surface area contributed by atoms with Gasteiger partial charge in [-0.05, 0) is 30.7 Å². The molecule has 0 atom stereocenters. The molecule has 0 saturated carbocycles. The molecule has 0 fully saturated rings. The van der Waals surface area contributed by atoms with Crippen LogP contribution in [0.1, 0.15) is 17.0 Å². The average Bonchev–Trinajstić information content (AvgIpc) is 2.72. The first-order valence-corrected chi connectivity index (χ1v) is 8.57.